The van der Waals surface area contributed by atoms with Gasteiger partial charge in [-0.15, -0.1) is 0 Å². The molecule has 0 saturated heterocycles. The summed E-state index contributed by atoms with van der Waals surface area (Å²) in [5.41, 5.74) is 15.4. The number of benzene rings is 9. The summed E-state index contributed by atoms with van der Waals surface area (Å²) in [5.74, 6) is 0. The number of para-hydroxylation sites is 5. The Morgan fingerprint density at radius 3 is 1.33 bits per heavy atom. The maximum absolute atomic E-state index is 2.48. The molecule has 0 bridgehead atoms. The molecule has 3 heteroatoms. The van der Waals surface area contributed by atoms with E-state index in [9.17, 15) is 0 Å². The van der Waals surface area contributed by atoms with E-state index in [-0.39, 0.29) is 0 Å². The third kappa shape index (κ3) is 4.79. The zero-order valence-electron chi connectivity index (χ0n) is 31.0. The molecule has 0 atom stereocenters. The van der Waals surface area contributed by atoms with Crippen LogP contribution in [0, 0.1) is 0 Å². The smallest absolute Gasteiger partial charge is 0.0782 e. The van der Waals surface area contributed by atoms with E-state index in [0.29, 0.717) is 0 Å². The maximum Gasteiger partial charge on any atom is 0.0782 e. The van der Waals surface area contributed by atoms with Crippen molar-refractivity contribution >= 4 is 65.4 Å². The Balaban J connectivity index is 1.11. The Bertz CT molecular complexity index is 3470. The number of aromatic nitrogens is 3. The summed E-state index contributed by atoms with van der Waals surface area (Å²) in [5, 5.41) is 7.45. The van der Waals surface area contributed by atoms with Crippen molar-refractivity contribution in [2.75, 3.05) is 0 Å². The van der Waals surface area contributed by atoms with Crippen molar-refractivity contribution in [3.05, 3.63) is 212 Å². The van der Waals surface area contributed by atoms with Crippen LogP contribution in [0.15, 0.2) is 212 Å². The molecular formula is C54H35N3. The summed E-state index contributed by atoms with van der Waals surface area (Å²) in [7, 11) is 0. The van der Waals surface area contributed by atoms with E-state index in [0.717, 1.165) is 17.1 Å². The minimum absolute atomic E-state index is 1.12. The summed E-state index contributed by atoms with van der Waals surface area (Å²) in [4.78, 5) is 0. The van der Waals surface area contributed by atoms with Gasteiger partial charge in [0.05, 0.1) is 38.8 Å². The first-order valence-electron chi connectivity index (χ1n) is 19.6. The zero-order chi connectivity index (χ0) is 37.5. The van der Waals surface area contributed by atoms with Crippen molar-refractivity contribution in [2.45, 2.75) is 0 Å². The Kier molecular flexibility index (Phi) is 6.93. The van der Waals surface area contributed by atoms with E-state index >= 15 is 0 Å². The molecule has 0 aliphatic carbocycles. The first-order valence-corrected chi connectivity index (χ1v) is 19.6. The first kappa shape index (κ1) is 31.7. The van der Waals surface area contributed by atoms with Gasteiger partial charge in [0.15, 0.2) is 0 Å². The third-order valence-corrected chi connectivity index (χ3v) is 11.8. The molecule has 0 amide bonds. The summed E-state index contributed by atoms with van der Waals surface area (Å²) in [6.45, 7) is 0. The van der Waals surface area contributed by atoms with E-state index in [1.807, 2.05) is 0 Å². The second kappa shape index (κ2) is 12.5. The highest BCUT2D eigenvalue weighted by atomic mass is 15.1. The number of hydrogen-bond donors (Lipinski definition) is 0. The molecule has 0 fully saturated rings. The SMILES string of the molecule is c1ccc(-c2cccc(-c3cccc(-n4c5ccccc5c5ccc(-n6c7ccccc7c7cccc(-n8c9ccccc9c9ccccc98)c76)cc54)c3)c2)cc1. The lowest BCUT2D eigenvalue weighted by Crippen LogP contribution is -2.01. The van der Waals surface area contributed by atoms with Gasteiger partial charge in [-0.25, -0.2) is 0 Å². The molecule has 3 aromatic heterocycles. The molecule has 0 aliphatic heterocycles. The van der Waals surface area contributed by atoms with Gasteiger partial charge in [-0.3, -0.25) is 0 Å². The summed E-state index contributed by atoms with van der Waals surface area (Å²) in [6.07, 6.45) is 0. The quantitative estimate of drug-likeness (QED) is 0.168. The van der Waals surface area contributed by atoms with Crippen LogP contribution in [-0.4, -0.2) is 13.7 Å². The lowest BCUT2D eigenvalue weighted by molar-refractivity contribution is 1.13. The molecule has 12 aromatic rings. The van der Waals surface area contributed by atoms with E-state index < -0.39 is 0 Å². The Morgan fingerprint density at radius 1 is 0.228 bits per heavy atom. The van der Waals surface area contributed by atoms with Gasteiger partial charge in [-0.05, 0) is 82.9 Å². The van der Waals surface area contributed by atoms with Crippen molar-refractivity contribution in [1.29, 1.82) is 0 Å². The largest absolute Gasteiger partial charge is 0.309 e. The molecule has 0 spiro atoms. The molecule has 0 N–H and O–H groups in total. The number of rotatable bonds is 5. The van der Waals surface area contributed by atoms with Crippen LogP contribution in [0.25, 0.3) is 105 Å². The molecular weight excluding hydrogens is 691 g/mol. The summed E-state index contributed by atoms with van der Waals surface area (Å²) < 4.78 is 7.38. The normalized spacial score (nSPS) is 11.9. The molecule has 9 aromatic carbocycles. The highest BCUT2D eigenvalue weighted by Gasteiger charge is 2.21. The maximum atomic E-state index is 2.48. The molecule has 0 radical (unpaired) electrons. The van der Waals surface area contributed by atoms with Crippen LogP contribution in [0.3, 0.4) is 0 Å². The van der Waals surface area contributed by atoms with Crippen LogP contribution >= 0.6 is 0 Å². The van der Waals surface area contributed by atoms with Crippen molar-refractivity contribution in [1.82, 2.24) is 13.7 Å². The molecule has 57 heavy (non-hydrogen) atoms. The fourth-order valence-corrected chi connectivity index (χ4v) is 9.34. The van der Waals surface area contributed by atoms with E-state index in [4.69, 9.17) is 0 Å². The van der Waals surface area contributed by atoms with Gasteiger partial charge in [0, 0.05) is 43.7 Å². The van der Waals surface area contributed by atoms with Gasteiger partial charge in [-0.2, -0.15) is 0 Å². The zero-order valence-corrected chi connectivity index (χ0v) is 31.0. The van der Waals surface area contributed by atoms with Crippen molar-refractivity contribution in [3.8, 4) is 39.3 Å². The monoisotopic (exact) mass is 725 g/mol. The van der Waals surface area contributed by atoms with Crippen molar-refractivity contribution in [2.24, 2.45) is 0 Å². The highest BCUT2D eigenvalue weighted by molar-refractivity contribution is 6.16. The standard InChI is InChI=1S/C54H35N3/c1-2-15-36(16-3-1)37-17-12-18-38(33-37)39-19-13-20-40(34-39)55-48-26-8-4-23-44(48)46-32-31-41(35-53(46)55)56-49-27-9-7-24-45(49)47-25-14-30-52(54(47)56)57-50-28-10-5-21-42(50)43-22-6-11-29-51(43)57/h1-35H. The molecule has 266 valence electrons. The fraction of sp³-hybridized carbons (Fsp3) is 0. The fourth-order valence-electron chi connectivity index (χ4n) is 9.34. The van der Waals surface area contributed by atoms with Crippen LogP contribution < -0.4 is 0 Å². The van der Waals surface area contributed by atoms with Gasteiger partial charge in [0.1, 0.15) is 0 Å². The molecule has 3 heterocycles. The molecule has 3 nitrogen and oxygen atoms in total. The Morgan fingerprint density at radius 2 is 0.667 bits per heavy atom. The second-order valence-corrected chi connectivity index (χ2v) is 14.9. The van der Waals surface area contributed by atoms with Crippen LogP contribution in [0.4, 0.5) is 0 Å². The minimum atomic E-state index is 1.12. The topological polar surface area (TPSA) is 14.8 Å². The van der Waals surface area contributed by atoms with E-state index in [2.05, 4.69) is 226 Å². The van der Waals surface area contributed by atoms with Crippen molar-refractivity contribution < 1.29 is 0 Å². The van der Waals surface area contributed by atoms with E-state index in [1.54, 1.807) is 0 Å². The highest BCUT2D eigenvalue weighted by Crippen LogP contribution is 2.41. The van der Waals surface area contributed by atoms with Gasteiger partial charge < -0.3 is 13.7 Å². The lowest BCUT2D eigenvalue weighted by Gasteiger charge is -2.15. The molecule has 0 aliphatic rings. The first-order chi connectivity index (χ1) is 28.3. The second-order valence-electron chi connectivity index (χ2n) is 14.9. The molecule has 0 unspecified atom stereocenters. The Labute approximate surface area is 329 Å². The number of hydrogen-bond acceptors (Lipinski definition) is 0. The number of nitrogens with zero attached hydrogens (tertiary/aromatic N) is 3. The average Bonchev–Trinajstić information content (AvgIpc) is 3.92. The molecule has 0 saturated carbocycles. The van der Waals surface area contributed by atoms with Crippen LogP contribution in [-0.2, 0) is 0 Å². The molecule has 12 rings (SSSR count). The van der Waals surface area contributed by atoms with Crippen LogP contribution in [0.2, 0.25) is 0 Å². The predicted octanol–water partition coefficient (Wildman–Crippen LogP) is 14.3. The van der Waals surface area contributed by atoms with Crippen LogP contribution in [0.1, 0.15) is 0 Å². The minimum Gasteiger partial charge on any atom is -0.309 e. The summed E-state index contributed by atoms with van der Waals surface area (Å²) >= 11 is 0. The van der Waals surface area contributed by atoms with Gasteiger partial charge >= 0.3 is 0 Å². The lowest BCUT2D eigenvalue weighted by atomic mass is 9.99. The van der Waals surface area contributed by atoms with Gasteiger partial charge in [0.2, 0.25) is 0 Å². The Hall–Kier alpha value is -7.62. The third-order valence-electron chi connectivity index (χ3n) is 11.8. The van der Waals surface area contributed by atoms with Crippen LogP contribution in [0.5, 0.6) is 0 Å². The summed E-state index contributed by atoms with van der Waals surface area (Å²) in [6, 6.07) is 77.5. The predicted molar refractivity (Wildman–Crippen MR) is 240 cm³/mol. The van der Waals surface area contributed by atoms with Crippen molar-refractivity contribution in [3.63, 3.8) is 0 Å². The number of fused-ring (bicyclic) bond motifs is 9. The van der Waals surface area contributed by atoms with Gasteiger partial charge in [0.25, 0.3) is 0 Å². The van der Waals surface area contributed by atoms with E-state index in [1.165, 1.54) is 87.7 Å². The average molecular weight is 726 g/mol. The van der Waals surface area contributed by atoms with Gasteiger partial charge in [-0.1, -0.05) is 152 Å².